The van der Waals surface area contributed by atoms with Gasteiger partial charge in [-0.1, -0.05) is 19.9 Å². The molecule has 1 aliphatic rings. The number of guanidine groups is 1. The van der Waals surface area contributed by atoms with E-state index in [0.29, 0.717) is 6.79 Å². The summed E-state index contributed by atoms with van der Waals surface area (Å²) in [4.78, 5) is 6.64. The Bertz CT molecular complexity index is 515. The predicted octanol–water partition coefficient (Wildman–Crippen LogP) is 1.46. The molecule has 0 unspecified atom stereocenters. The van der Waals surface area contributed by atoms with Crippen LogP contribution in [-0.2, 0) is 6.42 Å². The van der Waals surface area contributed by atoms with Gasteiger partial charge in [0.05, 0.1) is 0 Å². The van der Waals surface area contributed by atoms with Gasteiger partial charge < -0.3 is 25.0 Å². The first-order valence-electron chi connectivity index (χ1n) is 8.32. The molecule has 0 fully saturated rings. The van der Waals surface area contributed by atoms with Gasteiger partial charge in [0.2, 0.25) is 6.79 Å². The lowest BCUT2D eigenvalue weighted by Gasteiger charge is -2.19. The molecule has 0 bridgehead atoms. The summed E-state index contributed by atoms with van der Waals surface area (Å²) in [6, 6.07) is 6.08. The van der Waals surface area contributed by atoms with Crippen LogP contribution in [0.25, 0.3) is 0 Å². The van der Waals surface area contributed by atoms with E-state index in [1.54, 1.807) is 7.05 Å². The van der Waals surface area contributed by atoms with Crippen molar-refractivity contribution in [3.8, 4) is 11.5 Å². The Morgan fingerprint density at radius 1 is 1.13 bits per heavy atom. The molecule has 0 saturated heterocycles. The number of fused-ring (bicyclic) bond motifs is 1. The van der Waals surface area contributed by atoms with Crippen molar-refractivity contribution in [3.63, 3.8) is 0 Å². The molecule has 23 heavy (non-hydrogen) atoms. The summed E-state index contributed by atoms with van der Waals surface area (Å²) in [5.74, 6) is 2.51. The highest BCUT2D eigenvalue weighted by atomic mass is 16.7. The number of hydrogen-bond acceptors (Lipinski definition) is 4. The van der Waals surface area contributed by atoms with Gasteiger partial charge in [0, 0.05) is 26.7 Å². The smallest absolute Gasteiger partial charge is 0.231 e. The summed E-state index contributed by atoms with van der Waals surface area (Å²) in [5.41, 5.74) is 1.22. The van der Waals surface area contributed by atoms with Crippen molar-refractivity contribution in [1.82, 2.24) is 15.5 Å². The number of hydrogen-bond donors (Lipinski definition) is 2. The van der Waals surface area contributed by atoms with Gasteiger partial charge in [-0.25, -0.2) is 0 Å². The minimum atomic E-state index is 0.320. The molecule has 1 aromatic rings. The Kier molecular flexibility index (Phi) is 7.00. The molecule has 0 atom stereocenters. The van der Waals surface area contributed by atoms with Gasteiger partial charge in [-0.2, -0.15) is 0 Å². The van der Waals surface area contributed by atoms with E-state index in [-0.39, 0.29) is 0 Å². The molecule has 2 N–H and O–H groups in total. The summed E-state index contributed by atoms with van der Waals surface area (Å²) in [7, 11) is 1.80. The summed E-state index contributed by atoms with van der Waals surface area (Å²) < 4.78 is 10.7. The lowest BCUT2D eigenvalue weighted by molar-refractivity contribution is 0.174. The largest absolute Gasteiger partial charge is 0.454 e. The first kappa shape index (κ1) is 17.4. The minimum absolute atomic E-state index is 0.320. The van der Waals surface area contributed by atoms with Crippen molar-refractivity contribution < 1.29 is 9.47 Å². The zero-order valence-corrected chi connectivity index (χ0v) is 14.4. The number of nitrogens with zero attached hydrogens (tertiary/aromatic N) is 2. The maximum Gasteiger partial charge on any atom is 0.231 e. The van der Waals surface area contributed by atoms with Crippen LogP contribution in [0, 0.1) is 0 Å². The van der Waals surface area contributed by atoms with E-state index in [2.05, 4.69) is 40.4 Å². The summed E-state index contributed by atoms with van der Waals surface area (Å²) in [6.45, 7) is 9.58. The van der Waals surface area contributed by atoms with Crippen LogP contribution in [-0.4, -0.2) is 57.4 Å². The second kappa shape index (κ2) is 9.25. The Morgan fingerprint density at radius 3 is 2.61 bits per heavy atom. The van der Waals surface area contributed by atoms with Crippen molar-refractivity contribution in [2.45, 2.75) is 20.3 Å². The summed E-state index contributed by atoms with van der Waals surface area (Å²) in [5, 5.41) is 6.69. The number of benzene rings is 1. The van der Waals surface area contributed by atoms with E-state index < -0.39 is 0 Å². The molecule has 0 radical (unpaired) electrons. The SMILES string of the molecule is CCN(CC)CCNC(=NC)NCCc1ccc2c(c1)OCO2. The number of likely N-dealkylation sites (N-methyl/N-ethyl adjacent to an activating group) is 1. The Morgan fingerprint density at radius 2 is 1.87 bits per heavy atom. The molecule has 1 heterocycles. The van der Waals surface area contributed by atoms with E-state index in [4.69, 9.17) is 9.47 Å². The fourth-order valence-electron chi connectivity index (χ4n) is 2.51. The Labute approximate surface area is 138 Å². The molecule has 1 aromatic carbocycles. The first-order chi connectivity index (χ1) is 11.3. The Hall–Kier alpha value is -1.95. The third-order valence-corrected chi connectivity index (χ3v) is 3.98. The van der Waals surface area contributed by atoms with Crippen LogP contribution in [0.1, 0.15) is 19.4 Å². The molecular formula is C17H28N4O2. The van der Waals surface area contributed by atoms with Crippen LogP contribution in [0.15, 0.2) is 23.2 Å². The first-order valence-corrected chi connectivity index (χ1v) is 8.32. The molecule has 1 aliphatic heterocycles. The lowest BCUT2D eigenvalue weighted by Crippen LogP contribution is -2.42. The van der Waals surface area contributed by atoms with E-state index in [1.807, 2.05) is 12.1 Å². The fourth-order valence-corrected chi connectivity index (χ4v) is 2.51. The Balaban J connectivity index is 1.69. The highest BCUT2D eigenvalue weighted by Crippen LogP contribution is 2.32. The van der Waals surface area contributed by atoms with E-state index in [9.17, 15) is 0 Å². The average Bonchev–Trinajstić information content (AvgIpc) is 3.05. The van der Waals surface area contributed by atoms with Crippen LogP contribution in [0.5, 0.6) is 11.5 Å². The number of aliphatic imine (C=N–C) groups is 1. The quantitative estimate of drug-likeness (QED) is 0.561. The van der Waals surface area contributed by atoms with Crippen LogP contribution < -0.4 is 20.1 Å². The van der Waals surface area contributed by atoms with Crippen molar-refractivity contribution >= 4 is 5.96 Å². The average molecular weight is 320 g/mol. The number of ether oxygens (including phenoxy) is 2. The van der Waals surface area contributed by atoms with E-state index in [1.165, 1.54) is 5.56 Å². The van der Waals surface area contributed by atoms with Gasteiger partial charge >= 0.3 is 0 Å². The van der Waals surface area contributed by atoms with Crippen molar-refractivity contribution in [1.29, 1.82) is 0 Å². The second-order valence-corrected chi connectivity index (χ2v) is 5.39. The van der Waals surface area contributed by atoms with Gasteiger partial charge in [-0.05, 0) is 37.2 Å². The molecular weight excluding hydrogens is 292 g/mol. The standard InChI is InChI=1S/C17H28N4O2/c1-4-21(5-2)11-10-20-17(18-3)19-9-8-14-6-7-15-16(12-14)23-13-22-15/h6-7,12H,4-5,8-11,13H2,1-3H3,(H2,18,19,20). The van der Waals surface area contributed by atoms with Crippen LogP contribution >= 0.6 is 0 Å². The molecule has 0 spiro atoms. The monoisotopic (exact) mass is 320 g/mol. The molecule has 6 nitrogen and oxygen atoms in total. The maximum atomic E-state index is 5.40. The molecule has 0 aromatic heterocycles. The van der Waals surface area contributed by atoms with Crippen molar-refractivity contribution in [2.24, 2.45) is 4.99 Å². The van der Waals surface area contributed by atoms with Gasteiger partial charge in [-0.3, -0.25) is 4.99 Å². The fraction of sp³-hybridized carbons (Fsp3) is 0.588. The molecule has 0 saturated carbocycles. The zero-order valence-electron chi connectivity index (χ0n) is 14.4. The van der Waals surface area contributed by atoms with Gasteiger partial charge in [0.25, 0.3) is 0 Å². The molecule has 128 valence electrons. The summed E-state index contributed by atoms with van der Waals surface area (Å²) >= 11 is 0. The molecule has 0 aliphatic carbocycles. The van der Waals surface area contributed by atoms with Crippen LogP contribution in [0.2, 0.25) is 0 Å². The molecule has 6 heteroatoms. The summed E-state index contributed by atoms with van der Waals surface area (Å²) in [6.07, 6.45) is 0.910. The van der Waals surface area contributed by atoms with Gasteiger partial charge in [0.1, 0.15) is 0 Å². The van der Waals surface area contributed by atoms with Crippen molar-refractivity contribution in [2.75, 3.05) is 46.6 Å². The minimum Gasteiger partial charge on any atom is -0.454 e. The number of nitrogens with one attached hydrogen (secondary N) is 2. The number of rotatable bonds is 8. The van der Waals surface area contributed by atoms with E-state index >= 15 is 0 Å². The van der Waals surface area contributed by atoms with Crippen LogP contribution in [0.3, 0.4) is 0 Å². The maximum absolute atomic E-state index is 5.40. The third-order valence-electron chi connectivity index (χ3n) is 3.98. The topological polar surface area (TPSA) is 58.1 Å². The highest BCUT2D eigenvalue weighted by Gasteiger charge is 2.12. The van der Waals surface area contributed by atoms with E-state index in [0.717, 1.165) is 56.6 Å². The van der Waals surface area contributed by atoms with Crippen molar-refractivity contribution in [3.05, 3.63) is 23.8 Å². The normalized spacial score (nSPS) is 13.5. The van der Waals surface area contributed by atoms with Gasteiger partial charge in [-0.15, -0.1) is 0 Å². The third kappa shape index (κ3) is 5.32. The lowest BCUT2D eigenvalue weighted by atomic mass is 10.1. The zero-order chi connectivity index (χ0) is 16.5. The van der Waals surface area contributed by atoms with Crippen LogP contribution in [0.4, 0.5) is 0 Å². The predicted molar refractivity (Wildman–Crippen MR) is 93.4 cm³/mol. The highest BCUT2D eigenvalue weighted by molar-refractivity contribution is 5.79. The molecule has 0 amide bonds. The van der Waals surface area contributed by atoms with Gasteiger partial charge in [0.15, 0.2) is 17.5 Å². The second-order valence-electron chi connectivity index (χ2n) is 5.39. The molecule has 2 rings (SSSR count).